The normalized spacial score (nSPS) is 11.6. The highest BCUT2D eigenvalue weighted by atomic mass is 15.3. The highest BCUT2D eigenvalue weighted by molar-refractivity contribution is 5.92. The Morgan fingerprint density at radius 1 is 1.35 bits per heavy atom. The molecule has 0 spiro atoms. The van der Waals surface area contributed by atoms with E-state index in [0.29, 0.717) is 12.5 Å². The Morgan fingerprint density at radius 3 is 2.80 bits per heavy atom. The molecule has 0 bridgehead atoms. The minimum absolute atomic E-state index is 0.417. The number of nitrogens with two attached hydrogens (primary N) is 1. The molecule has 0 radical (unpaired) electrons. The summed E-state index contributed by atoms with van der Waals surface area (Å²) in [6.07, 6.45) is 2.58. The zero-order chi connectivity index (χ0) is 14.4. The van der Waals surface area contributed by atoms with Crippen molar-refractivity contribution in [3.8, 4) is 0 Å². The van der Waals surface area contributed by atoms with Gasteiger partial charge < -0.3 is 15.6 Å². The number of nitrogens with zero attached hydrogens (tertiary/aromatic N) is 4. The molecule has 0 aliphatic heterocycles. The second-order valence-corrected chi connectivity index (χ2v) is 4.55. The molecule has 0 fully saturated rings. The summed E-state index contributed by atoms with van der Waals surface area (Å²) in [5.74, 6) is 1.38. The van der Waals surface area contributed by atoms with Gasteiger partial charge in [0.25, 0.3) is 0 Å². The SMILES string of the molecule is CCc1nncn1CCN=C(N)Nc1ccc(C)cc1. The van der Waals surface area contributed by atoms with Crippen LogP contribution in [0.25, 0.3) is 0 Å². The highest BCUT2D eigenvalue weighted by Gasteiger charge is 2.00. The Hall–Kier alpha value is -2.37. The summed E-state index contributed by atoms with van der Waals surface area (Å²) in [6.45, 7) is 5.42. The van der Waals surface area contributed by atoms with Crippen molar-refractivity contribution in [1.29, 1.82) is 0 Å². The number of anilines is 1. The molecule has 0 atom stereocenters. The smallest absolute Gasteiger partial charge is 0.193 e. The summed E-state index contributed by atoms with van der Waals surface area (Å²) in [5.41, 5.74) is 8.01. The number of aliphatic imine (C=N–C) groups is 1. The summed E-state index contributed by atoms with van der Waals surface area (Å²) < 4.78 is 1.99. The molecule has 106 valence electrons. The van der Waals surface area contributed by atoms with E-state index in [1.807, 2.05) is 35.8 Å². The van der Waals surface area contributed by atoms with Gasteiger partial charge in [-0.1, -0.05) is 24.6 Å². The molecule has 2 rings (SSSR count). The fourth-order valence-corrected chi connectivity index (χ4v) is 1.84. The lowest BCUT2D eigenvalue weighted by Crippen LogP contribution is -2.23. The second kappa shape index (κ2) is 6.70. The first-order valence-electron chi connectivity index (χ1n) is 6.69. The summed E-state index contributed by atoms with van der Waals surface area (Å²) >= 11 is 0. The van der Waals surface area contributed by atoms with Gasteiger partial charge in [0.15, 0.2) is 5.96 Å². The summed E-state index contributed by atoms with van der Waals surface area (Å²) in [4.78, 5) is 4.30. The van der Waals surface area contributed by atoms with Gasteiger partial charge in [0.2, 0.25) is 0 Å². The van der Waals surface area contributed by atoms with Gasteiger partial charge in [0.05, 0.1) is 6.54 Å². The number of hydrogen-bond donors (Lipinski definition) is 2. The Balaban J connectivity index is 1.86. The average Bonchev–Trinajstić information content (AvgIpc) is 2.89. The lowest BCUT2D eigenvalue weighted by atomic mass is 10.2. The van der Waals surface area contributed by atoms with Crippen molar-refractivity contribution in [3.05, 3.63) is 42.0 Å². The number of rotatable bonds is 5. The Kier molecular flexibility index (Phi) is 4.70. The number of benzene rings is 1. The summed E-state index contributed by atoms with van der Waals surface area (Å²) in [6, 6.07) is 8.01. The standard InChI is InChI=1S/C14H20N6/c1-3-13-19-17-10-20(13)9-8-16-14(15)18-12-6-4-11(2)5-7-12/h4-7,10H,3,8-9H2,1-2H3,(H3,15,16,18). The van der Waals surface area contributed by atoms with Crippen LogP contribution in [0.4, 0.5) is 5.69 Å². The predicted molar refractivity (Wildman–Crippen MR) is 80.7 cm³/mol. The van der Waals surface area contributed by atoms with E-state index in [4.69, 9.17) is 5.73 Å². The fourth-order valence-electron chi connectivity index (χ4n) is 1.84. The zero-order valence-electron chi connectivity index (χ0n) is 11.9. The van der Waals surface area contributed by atoms with Crippen LogP contribution in [-0.4, -0.2) is 27.3 Å². The van der Waals surface area contributed by atoms with Crippen molar-refractivity contribution in [1.82, 2.24) is 14.8 Å². The Labute approximate surface area is 118 Å². The van der Waals surface area contributed by atoms with Gasteiger partial charge in [-0.15, -0.1) is 10.2 Å². The van der Waals surface area contributed by atoms with E-state index in [2.05, 4.69) is 27.4 Å². The van der Waals surface area contributed by atoms with E-state index in [1.54, 1.807) is 6.33 Å². The molecule has 6 heteroatoms. The molecule has 20 heavy (non-hydrogen) atoms. The van der Waals surface area contributed by atoms with Crippen molar-refractivity contribution in [2.45, 2.75) is 26.8 Å². The number of nitrogens with one attached hydrogen (secondary N) is 1. The van der Waals surface area contributed by atoms with Gasteiger partial charge >= 0.3 is 0 Å². The molecule has 1 aromatic carbocycles. The van der Waals surface area contributed by atoms with Gasteiger partial charge in [-0.05, 0) is 19.1 Å². The minimum atomic E-state index is 0.417. The van der Waals surface area contributed by atoms with Gasteiger partial charge in [-0.25, -0.2) is 0 Å². The average molecular weight is 272 g/mol. The van der Waals surface area contributed by atoms with Crippen LogP contribution < -0.4 is 11.1 Å². The number of aryl methyl sites for hydroxylation is 2. The van der Waals surface area contributed by atoms with Gasteiger partial charge in [0.1, 0.15) is 12.2 Å². The van der Waals surface area contributed by atoms with Crippen molar-refractivity contribution in [2.75, 3.05) is 11.9 Å². The van der Waals surface area contributed by atoms with Crippen LogP contribution >= 0.6 is 0 Å². The fraction of sp³-hybridized carbons (Fsp3) is 0.357. The van der Waals surface area contributed by atoms with Crippen LogP contribution in [0, 0.1) is 6.92 Å². The van der Waals surface area contributed by atoms with E-state index < -0.39 is 0 Å². The molecule has 0 saturated heterocycles. The van der Waals surface area contributed by atoms with Crippen LogP contribution in [-0.2, 0) is 13.0 Å². The molecule has 0 unspecified atom stereocenters. The van der Waals surface area contributed by atoms with Gasteiger partial charge in [0, 0.05) is 18.7 Å². The maximum Gasteiger partial charge on any atom is 0.193 e. The molecule has 0 aliphatic carbocycles. The molecule has 2 aromatic rings. The zero-order valence-corrected chi connectivity index (χ0v) is 11.9. The molecule has 6 nitrogen and oxygen atoms in total. The number of hydrogen-bond acceptors (Lipinski definition) is 3. The molecular weight excluding hydrogens is 252 g/mol. The number of guanidine groups is 1. The molecule has 0 amide bonds. The van der Waals surface area contributed by atoms with E-state index in [-0.39, 0.29) is 0 Å². The minimum Gasteiger partial charge on any atom is -0.370 e. The third-order valence-electron chi connectivity index (χ3n) is 2.96. The first kappa shape index (κ1) is 14.0. The van der Waals surface area contributed by atoms with Crippen LogP contribution in [0.1, 0.15) is 18.3 Å². The molecule has 0 saturated carbocycles. The lowest BCUT2D eigenvalue weighted by Gasteiger charge is -2.06. The first-order chi connectivity index (χ1) is 9.69. The molecule has 1 heterocycles. The Morgan fingerprint density at radius 2 is 2.10 bits per heavy atom. The van der Waals surface area contributed by atoms with Crippen LogP contribution in [0.2, 0.25) is 0 Å². The first-order valence-corrected chi connectivity index (χ1v) is 6.69. The number of aromatic nitrogens is 3. The van der Waals surface area contributed by atoms with E-state index >= 15 is 0 Å². The van der Waals surface area contributed by atoms with E-state index in [9.17, 15) is 0 Å². The van der Waals surface area contributed by atoms with E-state index in [0.717, 1.165) is 24.5 Å². The summed E-state index contributed by atoms with van der Waals surface area (Å²) in [5, 5.41) is 11.0. The molecule has 3 N–H and O–H groups in total. The van der Waals surface area contributed by atoms with Crippen LogP contribution in [0.5, 0.6) is 0 Å². The van der Waals surface area contributed by atoms with Crippen molar-refractivity contribution in [2.24, 2.45) is 10.7 Å². The van der Waals surface area contributed by atoms with Crippen molar-refractivity contribution < 1.29 is 0 Å². The second-order valence-electron chi connectivity index (χ2n) is 4.55. The molecule has 1 aromatic heterocycles. The van der Waals surface area contributed by atoms with Gasteiger partial charge in [-0.3, -0.25) is 4.99 Å². The maximum absolute atomic E-state index is 5.85. The van der Waals surface area contributed by atoms with Crippen molar-refractivity contribution >= 4 is 11.6 Å². The monoisotopic (exact) mass is 272 g/mol. The van der Waals surface area contributed by atoms with Crippen LogP contribution in [0.3, 0.4) is 0 Å². The van der Waals surface area contributed by atoms with E-state index in [1.165, 1.54) is 5.56 Å². The molecule has 0 aliphatic rings. The summed E-state index contributed by atoms with van der Waals surface area (Å²) in [7, 11) is 0. The quantitative estimate of drug-likeness (QED) is 0.639. The topological polar surface area (TPSA) is 81.1 Å². The molecular formula is C14H20N6. The maximum atomic E-state index is 5.85. The lowest BCUT2D eigenvalue weighted by molar-refractivity contribution is 0.666. The third-order valence-corrected chi connectivity index (χ3v) is 2.96. The largest absolute Gasteiger partial charge is 0.370 e. The van der Waals surface area contributed by atoms with Gasteiger partial charge in [-0.2, -0.15) is 0 Å². The third kappa shape index (κ3) is 3.81. The van der Waals surface area contributed by atoms with Crippen LogP contribution in [0.15, 0.2) is 35.6 Å². The highest BCUT2D eigenvalue weighted by Crippen LogP contribution is 2.07. The predicted octanol–water partition coefficient (Wildman–Crippen LogP) is 1.58. The Bertz CT molecular complexity index is 570. The van der Waals surface area contributed by atoms with Crippen molar-refractivity contribution in [3.63, 3.8) is 0 Å².